The molecule has 3 nitrogen and oxygen atoms in total. The Kier molecular flexibility index (Phi) is 4.66. The van der Waals surface area contributed by atoms with Crippen LogP contribution in [0.5, 0.6) is 0 Å². The first kappa shape index (κ1) is 16.0. The first-order chi connectivity index (χ1) is 9.25. The summed E-state index contributed by atoms with van der Waals surface area (Å²) in [7, 11) is 0. The van der Waals surface area contributed by atoms with Crippen LogP contribution in [0.4, 0.5) is 13.2 Å². The molecule has 0 N–H and O–H groups in total. The van der Waals surface area contributed by atoms with Gasteiger partial charge in [-0.15, -0.1) is 0 Å². The van der Waals surface area contributed by atoms with Crippen LogP contribution in [-0.2, 0) is 14.2 Å². The quantitative estimate of drug-likeness (QED) is 0.556. The van der Waals surface area contributed by atoms with Crippen molar-refractivity contribution >= 4 is 0 Å². The zero-order valence-corrected chi connectivity index (χ0v) is 12.1. The molecule has 2 atom stereocenters. The van der Waals surface area contributed by atoms with E-state index in [4.69, 9.17) is 9.47 Å². The summed E-state index contributed by atoms with van der Waals surface area (Å²) in [4.78, 5) is 0. The van der Waals surface area contributed by atoms with Crippen LogP contribution >= 0.6 is 0 Å². The van der Waals surface area contributed by atoms with E-state index in [1.165, 1.54) is 6.42 Å². The van der Waals surface area contributed by atoms with E-state index in [9.17, 15) is 13.2 Å². The zero-order chi connectivity index (χ0) is 14.9. The van der Waals surface area contributed by atoms with Gasteiger partial charge in [0.25, 0.3) is 0 Å². The summed E-state index contributed by atoms with van der Waals surface area (Å²) in [5.74, 6) is 0.311. The van der Waals surface area contributed by atoms with Crippen LogP contribution in [0.2, 0.25) is 0 Å². The predicted molar refractivity (Wildman–Crippen MR) is 67.5 cm³/mol. The molecule has 6 heteroatoms. The highest BCUT2D eigenvalue weighted by molar-refractivity contribution is 5.06. The molecule has 0 aromatic carbocycles. The summed E-state index contributed by atoms with van der Waals surface area (Å²) in [5.41, 5.74) is -0.424. The molecule has 1 aliphatic carbocycles. The standard InChI is InChI=1S/C14H23F3O3/c1-12(2,19-8-7-18-10-14(15,16)17)11-5-3-4-6-13(11)9-20-13/h11H,3-10H2,1-2H3/t11?,13-/m0/s1. The third kappa shape index (κ3) is 4.09. The van der Waals surface area contributed by atoms with E-state index >= 15 is 0 Å². The zero-order valence-electron chi connectivity index (χ0n) is 12.1. The van der Waals surface area contributed by atoms with Crippen molar-refractivity contribution in [3.8, 4) is 0 Å². The van der Waals surface area contributed by atoms with Crippen molar-refractivity contribution < 1.29 is 27.4 Å². The van der Waals surface area contributed by atoms with Gasteiger partial charge in [0.2, 0.25) is 0 Å². The number of ether oxygens (including phenoxy) is 3. The Balaban J connectivity index is 1.73. The van der Waals surface area contributed by atoms with Gasteiger partial charge in [0.1, 0.15) is 6.61 Å². The fourth-order valence-electron chi connectivity index (χ4n) is 3.28. The van der Waals surface area contributed by atoms with Crippen LogP contribution in [0.15, 0.2) is 0 Å². The molecule has 2 fully saturated rings. The monoisotopic (exact) mass is 296 g/mol. The summed E-state index contributed by atoms with van der Waals surface area (Å²) in [6.07, 6.45) is 0.185. The summed E-state index contributed by atoms with van der Waals surface area (Å²) >= 11 is 0. The van der Waals surface area contributed by atoms with Gasteiger partial charge in [0, 0.05) is 5.92 Å². The fraction of sp³-hybridized carbons (Fsp3) is 1.00. The molecular formula is C14H23F3O3. The van der Waals surface area contributed by atoms with Crippen molar-refractivity contribution in [2.75, 3.05) is 26.4 Å². The maximum atomic E-state index is 11.9. The first-order valence-corrected chi connectivity index (χ1v) is 7.18. The minimum atomic E-state index is -4.27. The van der Waals surface area contributed by atoms with Gasteiger partial charge >= 0.3 is 6.18 Å². The minimum Gasteiger partial charge on any atom is -0.373 e. The maximum Gasteiger partial charge on any atom is 0.411 e. The second kappa shape index (κ2) is 5.81. The molecule has 1 spiro atoms. The summed E-state index contributed by atoms with van der Waals surface area (Å²) in [6, 6.07) is 0. The van der Waals surface area contributed by atoms with Crippen LogP contribution in [0, 0.1) is 5.92 Å². The first-order valence-electron chi connectivity index (χ1n) is 7.18. The predicted octanol–water partition coefficient (Wildman–Crippen LogP) is 3.32. The van der Waals surface area contributed by atoms with Crippen molar-refractivity contribution in [3.63, 3.8) is 0 Å². The van der Waals surface area contributed by atoms with Gasteiger partial charge < -0.3 is 14.2 Å². The molecule has 118 valence electrons. The van der Waals surface area contributed by atoms with Crippen molar-refractivity contribution in [1.29, 1.82) is 0 Å². The lowest BCUT2D eigenvalue weighted by Crippen LogP contribution is -2.46. The lowest BCUT2D eigenvalue weighted by atomic mass is 9.71. The molecule has 1 aliphatic heterocycles. The van der Waals surface area contributed by atoms with Gasteiger partial charge in [-0.1, -0.05) is 12.8 Å². The largest absolute Gasteiger partial charge is 0.411 e. The average Bonchev–Trinajstić information content (AvgIpc) is 3.07. The molecule has 0 amide bonds. The number of rotatable bonds is 6. The Morgan fingerprint density at radius 3 is 2.50 bits per heavy atom. The van der Waals surface area contributed by atoms with Gasteiger partial charge in [-0.05, 0) is 26.7 Å². The van der Waals surface area contributed by atoms with Crippen LogP contribution < -0.4 is 0 Å². The number of epoxide rings is 1. The highest BCUT2D eigenvalue weighted by Gasteiger charge is 2.57. The SMILES string of the molecule is CC(C)(OCCOCC(F)(F)F)C1CCCC[C@]12CO2. The van der Waals surface area contributed by atoms with Gasteiger partial charge in [-0.3, -0.25) is 0 Å². The Bertz CT molecular complexity index is 324. The molecule has 0 bridgehead atoms. The van der Waals surface area contributed by atoms with E-state index in [0.717, 1.165) is 25.9 Å². The molecule has 2 rings (SSSR count). The van der Waals surface area contributed by atoms with Crippen molar-refractivity contribution in [1.82, 2.24) is 0 Å². The number of halogens is 3. The smallest absolute Gasteiger partial charge is 0.373 e. The van der Waals surface area contributed by atoms with Crippen molar-refractivity contribution in [2.45, 2.75) is 56.9 Å². The van der Waals surface area contributed by atoms with Crippen LogP contribution in [0.3, 0.4) is 0 Å². The molecule has 1 unspecified atom stereocenters. The molecule has 0 aromatic heterocycles. The summed E-state index contributed by atoms with van der Waals surface area (Å²) in [5, 5.41) is 0. The van der Waals surface area contributed by atoms with Crippen molar-refractivity contribution in [3.05, 3.63) is 0 Å². The second-order valence-electron chi connectivity index (χ2n) is 6.27. The molecule has 0 aromatic rings. The van der Waals surface area contributed by atoms with Gasteiger partial charge in [0.05, 0.1) is 31.0 Å². The normalized spacial score (nSPS) is 30.8. The van der Waals surface area contributed by atoms with Gasteiger partial charge in [-0.2, -0.15) is 13.2 Å². The van der Waals surface area contributed by atoms with E-state index in [1.807, 2.05) is 13.8 Å². The Morgan fingerprint density at radius 2 is 1.90 bits per heavy atom. The molecule has 0 radical (unpaired) electrons. The van der Waals surface area contributed by atoms with E-state index in [2.05, 4.69) is 4.74 Å². The highest BCUT2D eigenvalue weighted by Crippen LogP contribution is 2.51. The molecule has 20 heavy (non-hydrogen) atoms. The molecule has 1 saturated carbocycles. The minimum absolute atomic E-state index is 0.0332. The van der Waals surface area contributed by atoms with E-state index < -0.39 is 18.4 Å². The van der Waals surface area contributed by atoms with Crippen LogP contribution in [0.1, 0.15) is 39.5 Å². The second-order valence-corrected chi connectivity index (χ2v) is 6.27. The van der Waals surface area contributed by atoms with Crippen LogP contribution in [0.25, 0.3) is 0 Å². The molecular weight excluding hydrogens is 273 g/mol. The number of alkyl halides is 3. The fourth-order valence-corrected chi connectivity index (χ4v) is 3.28. The molecule has 1 saturated heterocycles. The van der Waals surface area contributed by atoms with Crippen molar-refractivity contribution in [2.24, 2.45) is 5.92 Å². The van der Waals surface area contributed by atoms with Crippen LogP contribution in [-0.4, -0.2) is 43.8 Å². The maximum absolute atomic E-state index is 11.9. The average molecular weight is 296 g/mol. The Morgan fingerprint density at radius 1 is 1.20 bits per heavy atom. The molecule has 2 aliphatic rings. The number of hydrogen-bond donors (Lipinski definition) is 0. The third-order valence-electron chi connectivity index (χ3n) is 4.30. The summed E-state index contributed by atoms with van der Waals surface area (Å²) < 4.78 is 51.8. The highest BCUT2D eigenvalue weighted by atomic mass is 19.4. The Hall–Kier alpha value is -0.330. The van der Waals surface area contributed by atoms with E-state index in [1.54, 1.807) is 0 Å². The molecule has 1 heterocycles. The third-order valence-corrected chi connectivity index (χ3v) is 4.30. The van der Waals surface area contributed by atoms with E-state index in [0.29, 0.717) is 5.92 Å². The lowest BCUT2D eigenvalue weighted by Gasteiger charge is -2.41. The van der Waals surface area contributed by atoms with Gasteiger partial charge in [0.15, 0.2) is 0 Å². The lowest BCUT2D eigenvalue weighted by molar-refractivity contribution is -0.181. The topological polar surface area (TPSA) is 31.0 Å². The number of hydrogen-bond acceptors (Lipinski definition) is 3. The summed E-state index contributed by atoms with van der Waals surface area (Å²) in [6.45, 7) is 3.70. The van der Waals surface area contributed by atoms with Gasteiger partial charge in [-0.25, -0.2) is 0 Å². The Labute approximate surface area is 117 Å². The van der Waals surface area contributed by atoms with E-state index in [-0.39, 0.29) is 18.8 Å².